The number of rotatable bonds is 4. The average Bonchev–Trinajstić information content (AvgIpc) is 2.39. The van der Waals surface area contributed by atoms with Gasteiger partial charge in [0.15, 0.2) is 0 Å². The minimum absolute atomic E-state index is 0.609. The van der Waals surface area contributed by atoms with Crippen LogP contribution in [0.5, 0.6) is 0 Å². The maximum atomic E-state index is 12.4. The molecule has 1 aromatic carbocycles. The van der Waals surface area contributed by atoms with Crippen molar-refractivity contribution in [2.24, 2.45) is 0 Å². The van der Waals surface area contributed by atoms with Gasteiger partial charge in [0.25, 0.3) is 0 Å². The number of aryl methyl sites for hydroxylation is 2. The third-order valence-electron chi connectivity index (χ3n) is 2.77. The van der Waals surface area contributed by atoms with Crippen LogP contribution in [-0.2, 0) is 19.0 Å². The lowest BCUT2D eigenvalue weighted by atomic mass is 10.1. The molecule has 1 heterocycles. The molecule has 0 saturated carbocycles. The molecule has 0 bridgehead atoms. The number of aromatic nitrogens is 2. The lowest BCUT2D eigenvalue weighted by Gasteiger charge is -2.07. The first-order valence-electron chi connectivity index (χ1n) is 5.98. The first-order valence-corrected chi connectivity index (χ1v) is 5.98. The Hall–Kier alpha value is -1.91. The fourth-order valence-electron chi connectivity index (χ4n) is 1.77. The summed E-state index contributed by atoms with van der Waals surface area (Å²) >= 11 is 0. The van der Waals surface area contributed by atoms with Crippen LogP contribution in [0.2, 0.25) is 0 Å². The molecule has 2 aromatic rings. The topological polar surface area (TPSA) is 25.8 Å². The molecular weight excluding hydrogens is 253 g/mol. The highest BCUT2D eigenvalue weighted by molar-refractivity contribution is 5.24. The summed E-state index contributed by atoms with van der Waals surface area (Å²) in [5.41, 5.74) is 0.284. The van der Waals surface area contributed by atoms with Gasteiger partial charge in [-0.2, -0.15) is 13.2 Å². The quantitative estimate of drug-likeness (QED) is 0.843. The normalized spacial score (nSPS) is 11.5. The van der Waals surface area contributed by atoms with Crippen molar-refractivity contribution in [2.75, 3.05) is 0 Å². The molecule has 100 valence electrons. The van der Waals surface area contributed by atoms with Gasteiger partial charge in [0.1, 0.15) is 5.82 Å². The van der Waals surface area contributed by atoms with Crippen LogP contribution in [0.3, 0.4) is 0 Å². The third-order valence-corrected chi connectivity index (χ3v) is 2.77. The summed E-state index contributed by atoms with van der Waals surface area (Å²) in [4.78, 5) is 8.19. The van der Waals surface area contributed by atoms with E-state index in [1.54, 1.807) is 18.5 Å². The van der Waals surface area contributed by atoms with Crippen LogP contribution in [0.4, 0.5) is 13.2 Å². The van der Waals surface area contributed by atoms with Crippen LogP contribution in [-0.4, -0.2) is 9.97 Å². The van der Waals surface area contributed by atoms with Gasteiger partial charge in [0, 0.05) is 18.8 Å². The molecule has 0 radical (unpaired) electrons. The fraction of sp³-hybridized carbons (Fsp3) is 0.286. The second-order valence-corrected chi connectivity index (χ2v) is 4.21. The Kier molecular flexibility index (Phi) is 4.14. The van der Waals surface area contributed by atoms with Crippen molar-refractivity contribution in [3.63, 3.8) is 0 Å². The molecule has 0 aliphatic heterocycles. The lowest BCUT2D eigenvalue weighted by Crippen LogP contribution is -2.04. The van der Waals surface area contributed by atoms with Gasteiger partial charge in [-0.05, 0) is 36.6 Å². The Bertz CT molecular complexity index is 506. The molecule has 0 saturated heterocycles. The second-order valence-electron chi connectivity index (χ2n) is 4.21. The predicted octanol–water partition coefficient (Wildman–Crippen LogP) is 3.67. The molecule has 0 unspecified atom stereocenters. The summed E-state index contributed by atoms with van der Waals surface area (Å²) in [6, 6.07) is 7.03. The van der Waals surface area contributed by atoms with Crippen molar-refractivity contribution in [3.8, 4) is 0 Å². The van der Waals surface area contributed by atoms with Crippen molar-refractivity contribution in [2.45, 2.75) is 25.4 Å². The average molecular weight is 266 g/mol. The fourth-order valence-corrected chi connectivity index (χ4v) is 1.77. The van der Waals surface area contributed by atoms with Crippen LogP contribution in [0.25, 0.3) is 0 Å². The van der Waals surface area contributed by atoms with Gasteiger partial charge in [0.05, 0.1) is 5.56 Å². The number of hydrogen-bond donors (Lipinski definition) is 0. The molecule has 0 amide bonds. The van der Waals surface area contributed by atoms with Crippen LogP contribution >= 0.6 is 0 Å². The first-order chi connectivity index (χ1) is 9.05. The van der Waals surface area contributed by atoms with Gasteiger partial charge in [-0.15, -0.1) is 0 Å². The highest BCUT2D eigenvalue weighted by atomic mass is 19.4. The molecule has 5 heteroatoms. The van der Waals surface area contributed by atoms with Crippen molar-refractivity contribution in [1.82, 2.24) is 9.97 Å². The monoisotopic (exact) mass is 266 g/mol. The van der Waals surface area contributed by atoms with Crippen molar-refractivity contribution < 1.29 is 13.2 Å². The Morgan fingerprint density at radius 2 is 1.53 bits per heavy atom. The Balaban J connectivity index is 1.87. The number of halogens is 3. The highest BCUT2D eigenvalue weighted by Crippen LogP contribution is 2.29. The number of hydrogen-bond acceptors (Lipinski definition) is 2. The molecule has 0 fully saturated rings. The van der Waals surface area contributed by atoms with E-state index in [0.717, 1.165) is 42.8 Å². The highest BCUT2D eigenvalue weighted by Gasteiger charge is 2.29. The summed E-state index contributed by atoms with van der Waals surface area (Å²) in [6.45, 7) is 0. The van der Waals surface area contributed by atoms with E-state index in [2.05, 4.69) is 9.97 Å². The molecule has 19 heavy (non-hydrogen) atoms. The summed E-state index contributed by atoms with van der Waals surface area (Å²) in [5.74, 6) is 0.759. The number of alkyl halides is 3. The maximum absolute atomic E-state index is 12.4. The lowest BCUT2D eigenvalue weighted by molar-refractivity contribution is -0.137. The smallest absolute Gasteiger partial charge is 0.241 e. The van der Waals surface area contributed by atoms with Crippen molar-refractivity contribution >= 4 is 0 Å². The molecule has 0 aliphatic rings. The second kappa shape index (κ2) is 5.82. The van der Waals surface area contributed by atoms with E-state index in [1.165, 1.54) is 12.1 Å². The van der Waals surface area contributed by atoms with Gasteiger partial charge in [-0.1, -0.05) is 12.1 Å². The Morgan fingerprint density at radius 1 is 0.895 bits per heavy atom. The third kappa shape index (κ3) is 4.05. The zero-order valence-corrected chi connectivity index (χ0v) is 10.2. The summed E-state index contributed by atoms with van der Waals surface area (Å²) in [7, 11) is 0. The molecule has 0 spiro atoms. The van der Waals surface area contributed by atoms with Crippen molar-refractivity contribution in [3.05, 3.63) is 59.7 Å². The minimum atomic E-state index is -4.27. The zero-order chi connectivity index (χ0) is 13.7. The summed E-state index contributed by atoms with van der Waals surface area (Å²) in [5, 5.41) is 0. The van der Waals surface area contributed by atoms with E-state index in [4.69, 9.17) is 0 Å². The molecule has 1 aromatic heterocycles. The standard InChI is InChI=1S/C14H13F3N2/c15-14(16,17)12-7-5-11(6-8-12)3-1-4-13-18-9-2-10-19-13/h2,5-10H,1,3-4H2. The van der Waals surface area contributed by atoms with Crippen LogP contribution in [0.15, 0.2) is 42.7 Å². The predicted molar refractivity (Wildman–Crippen MR) is 65.5 cm³/mol. The number of benzene rings is 1. The SMILES string of the molecule is FC(F)(F)c1ccc(CCCc2ncccn2)cc1. The molecule has 2 rings (SSSR count). The van der Waals surface area contributed by atoms with Crippen LogP contribution in [0.1, 0.15) is 23.4 Å². The van der Waals surface area contributed by atoms with Crippen LogP contribution in [0, 0.1) is 0 Å². The van der Waals surface area contributed by atoms with Crippen molar-refractivity contribution in [1.29, 1.82) is 0 Å². The molecule has 2 nitrogen and oxygen atoms in total. The Morgan fingerprint density at radius 3 is 2.11 bits per heavy atom. The summed E-state index contributed by atoms with van der Waals surface area (Å²) < 4.78 is 37.1. The number of nitrogens with zero attached hydrogens (tertiary/aromatic N) is 2. The van der Waals surface area contributed by atoms with Gasteiger partial charge in [0.2, 0.25) is 0 Å². The van der Waals surface area contributed by atoms with Crippen LogP contribution < -0.4 is 0 Å². The van der Waals surface area contributed by atoms with Gasteiger partial charge < -0.3 is 0 Å². The van der Waals surface area contributed by atoms with E-state index in [9.17, 15) is 13.2 Å². The molecule has 0 atom stereocenters. The van der Waals surface area contributed by atoms with Gasteiger partial charge >= 0.3 is 6.18 Å². The van der Waals surface area contributed by atoms with E-state index >= 15 is 0 Å². The largest absolute Gasteiger partial charge is 0.416 e. The van der Waals surface area contributed by atoms with Gasteiger partial charge in [-0.3, -0.25) is 0 Å². The molecule has 0 aliphatic carbocycles. The molecule has 0 N–H and O–H groups in total. The summed E-state index contributed by atoms with van der Waals surface area (Å²) in [6.07, 6.45) is 1.35. The van der Waals surface area contributed by atoms with E-state index in [-0.39, 0.29) is 0 Å². The van der Waals surface area contributed by atoms with E-state index < -0.39 is 11.7 Å². The van der Waals surface area contributed by atoms with E-state index in [1.807, 2.05) is 0 Å². The Labute approximate surface area is 109 Å². The van der Waals surface area contributed by atoms with Gasteiger partial charge in [-0.25, -0.2) is 9.97 Å². The maximum Gasteiger partial charge on any atom is 0.416 e. The first kappa shape index (κ1) is 13.5. The molecular formula is C14H13F3N2. The minimum Gasteiger partial charge on any atom is -0.241 e. The van der Waals surface area contributed by atoms with E-state index in [0.29, 0.717) is 0 Å². The zero-order valence-electron chi connectivity index (χ0n) is 10.2.